The fourth-order valence-electron chi connectivity index (χ4n) is 12.3. The van der Waals surface area contributed by atoms with Gasteiger partial charge in [-0.1, -0.05) is 157 Å². The van der Waals surface area contributed by atoms with E-state index >= 15 is 0 Å². The summed E-state index contributed by atoms with van der Waals surface area (Å²) >= 11 is 21.6. The van der Waals surface area contributed by atoms with Gasteiger partial charge in [-0.25, -0.2) is 28.8 Å². The van der Waals surface area contributed by atoms with Crippen molar-refractivity contribution in [2.45, 2.75) is 65.7 Å². The highest BCUT2D eigenvalue weighted by Gasteiger charge is 2.24. The number of non-ortho nitro benzene ring substituents is 4. The lowest BCUT2D eigenvalue weighted by atomic mass is 10.1. The summed E-state index contributed by atoms with van der Waals surface area (Å²) in [6.07, 6.45) is 9.14. The molecule has 0 radical (unpaired) electrons. The number of amides is 1. The number of hydrogen-bond acceptors (Lipinski definition) is 19. The van der Waals surface area contributed by atoms with Gasteiger partial charge in [0.1, 0.15) is 22.2 Å². The average Bonchev–Trinajstić information content (AvgIpc) is 1.61. The van der Waals surface area contributed by atoms with Crippen LogP contribution in [0.5, 0.6) is 0 Å². The van der Waals surface area contributed by atoms with Crippen molar-refractivity contribution in [1.82, 2.24) is 53.2 Å². The smallest absolute Gasteiger partial charge is 0.337 e. The Morgan fingerprint density at radius 1 is 0.512 bits per heavy atom. The number of carboxylic acids is 1. The van der Waals surface area contributed by atoms with E-state index in [-0.39, 0.29) is 77.3 Å². The van der Waals surface area contributed by atoms with Gasteiger partial charge in [0.25, 0.3) is 56.1 Å². The van der Waals surface area contributed by atoms with Crippen LogP contribution < -0.4 is 38.6 Å². The maximum absolute atomic E-state index is 12.9. The van der Waals surface area contributed by atoms with Crippen molar-refractivity contribution in [1.29, 1.82) is 0 Å². The molecule has 0 aliphatic carbocycles. The van der Waals surface area contributed by atoms with Crippen molar-refractivity contribution in [3.05, 3.63) is 393 Å². The highest BCUT2D eigenvalue weighted by atomic mass is 35.5. The summed E-state index contributed by atoms with van der Waals surface area (Å²) in [6.45, 7) is 22.0. The zero-order chi connectivity index (χ0) is 87.7. The molecule has 14 aromatic rings. The van der Waals surface area contributed by atoms with Gasteiger partial charge in [-0.2, -0.15) is 0 Å². The van der Waals surface area contributed by atoms with Crippen LogP contribution in [-0.2, 0) is 52.4 Å². The predicted octanol–water partition coefficient (Wildman–Crippen LogP) is 15.8. The molecule has 9 aromatic carbocycles. The number of H-pyrrole nitrogens is 1. The van der Waals surface area contributed by atoms with Gasteiger partial charge in [0.05, 0.1) is 125 Å². The Labute approximate surface area is 706 Å². The molecular weight excluding hydrogens is 1640 g/mol. The number of nitrogens with two attached hydrogens (primary N) is 1. The van der Waals surface area contributed by atoms with Crippen LogP contribution in [0.2, 0.25) is 15.3 Å². The molecule has 0 atom stereocenters. The Morgan fingerprint density at radius 3 is 1.36 bits per heavy atom. The molecule has 0 unspecified atom stereocenters. The molecular formula is C84H75Cl4N17O16. The van der Waals surface area contributed by atoms with Crippen molar-refractivity contribution in [2.24, 2.45) is 0 Å². The van der Waals surface area contributed by atoms with Gasteiger partial charge in [0.15, 0.2) is 0 Å². The summed E-state index contributed by atoms with van der Waals surface area (Å²) in [6, 6.07) is 57.1. The zero-order valence-corrected chi connectivity index (χ0v) is 67.3. The summed E-state index contributed by atoms with van der Waals surface area (Å²) in [4.78, 5) is 129. The summed E-state index contributed by atoms with van der Waals surface area (Å²) in [7, 11) is 0. The molecule has 15 rings (SSSR count). The third kappa shape index (κ3) is 22.6. The van der Waals surface area contributed by atoms with Crippen molar-refractivity contribution in [3.63, 3.8) is 0 Å². The van der Waals surface area contributed by atoms with Crippen molar-refractivity contribution in [3.8, 4) is 0 Å². The summed E-state index contributed by atoms with van der Waals surface area (Å²) in [5.41, 5.74) is 13.5. The second kappa shape index (κ2) is 42.3. The van der Waals surface area contributed by atoms with E-state index in [1.54, 1.807) is 65.9 Å². The fourth-order valence-corrected chi connectivity index (χ4v) is 13.3. The molecule has 1 amide bonds. The van der Waals surface area contributed by atoms with Crippen molar-refractivity contribution >= 4 is 141 Å². The maximum Gasteiger partial charge on any atom is 0.337 e. The van der Waals surface area contributed by atoms with Crippen LogP contribution in [0.25, 0.3) is 43.6 Å². The number of nitro groups is 4. The van der Waals surface area contributed by atoms with E-state index in [9.17, 15) is 74.0 Å². The van der Waals surface area contributed by atoms with Crippen molar-refractivity contribution in [2.75, 3.05) is 17.6 Å². The maximum atomic E-state index is 12.9. The van der Waals surface area contributed by atoms with E-state index in [1.165, 1.54) is 42.5 Å². The third-order valence-electron chi connectivity index (χ3n) is 17.9. The lowest BCUT2D eigenvalue weighted by molar-refractivity contribution is -0.385. The molecule has 620 valence electrons. The molecule has 1 aliphatic rings. The Hall–Kier alpha value is -14.9. The van der Waals surface area contributed by atoms with E-state index in [0.29, 0.717) is 90.8 Å². The lowest BCUT2D eigenvalue weighted by Gasteiger charge is -2.11. The molecule has 33 nitrogen and oxygen atoms in total. The number of carboxylic acid groups (broad SMARTS) is 1. The molecule has 1 aliphatic heterocycles. The number of aromatic carboxylic acids is 1. The number of nitro benzene ring substituents is 4. The monoisotopic (exact) mass is 1720 g/mol. The van der Waals surface area contributed by atoms with Gasteiger partial charge in [-0.3, -0.25) is 93.1 Å². The van der Waals surface area contributed by atoms with Crippen LogP contribution >= 0.6 is 46.4 Å². The number of halogens is 4. The Bertz CT molecular complexity index is 6470. The SMILES string of the molecule is C=CCn1[nH]c(=O)c2cc([N+](=O)[O-])ccc21.C=CCn1c2ccc(N)cc2c(=O)n1Cc1ccccc1.C=CCn1c2ccc(NCCC)cc2c(=O)n1Cc1ccccc1.C=CCn1c2ccc([N+](=O)[O-])cc2c(=O)n1Cc1ccccc1.O=C(Cl)c1c(Cl)ncnc1Cl.O=C(O)c1cc([N+](=O)[O-])ccc1Cl.O=C1NCc2ccc([N+](=O)[O-])cc21. The number of nitrogens with one attached hydrogen (secondary N) is 3. The van der Waals surface area contributed by atoms with Gasteiger partial charge < -0.3 is 21.5 Å². The number of allylic oxidation sites excluding steroid dienone is 4. The van der Waals surface area contributed by atoms with Crippen LogP contribution in [0.3, 0.4) is 0 Å². The number of carbonyl (C=O) groups is 3. The number of carbonyl (C=O) groups excluding carboxylic acids is 2. The number of aromatic nitrogens is 10. The molecule has 0 bridgehead atoms. The topological polar surface area (TPSA) is 438 Å². The minimum Gasteiger partial charge on any atom is -0.478 e. The average molecular weight is 1720 g/mol. The van der Waals surface area contributed by atoms with Crippen LogP contribution in [0, 0.1) is 40.5 Å². The molecule has 6 heterocycles. The van der Waals surface area contributed by atoms with Crippen LogP contribution in [-0.4, -0.2) is 96.3 Å². The van der Waals surface area contributed by atoms with Gasteiger partial charge >= 0.3 is 5.97 Å². The third-order valence-corrected chi connectivity index (χ3v) is 19.0. The van der Waals surface area contributed by atoms with E-state index in [4.69, 9.17) is 57.2 Å². The molecule has 121 heavy (non-hydrogen) atoms. The van der Waals surface area contributed by atoms with Crippen molar-refractivity contribution < 1.29 is 39.2 Å². The molecule has 0 saturated heterocycles. The zero-order valence-electron chi connectivity index (χ0n) is 64.3. The number of hydrogen-bond donors (Lipinski definition) is 5. The first kappa shape index (κ1) is 90.0. The van der Waals surface area contributed by atoms with E-state index in [0.717, 1.165) is 75.8 Å². The number of nitrogen functional groups attached to an aromatic ring is 1. The minimum absolute atomic E-state index is 0.0156. The first-order valence-corrected chi connectivity index (χ1v) is 37.9. The first-order valence-electron chi connectivity index (χ1n) is 36.4. The number of benzene rings is 9. The van der Waals surface area contributed by atoms with Gasteiger partial charge in [-0.05, 0) is 101 Å². The highest BCUT2D eigenvalue weighted by molar-refractivity contribution is 6.69. The summed E-state index contributed by atoms with van der Waals surface area (Å²) < 4.78 is 12.5. The Balaban J connectivity index is 0.000000163. The van der Waals surface area contributed by atoms with E-state index < -0.39 is 30.9 Å². The lowest BCUT2D eigenvalue weighted by Crippen LogP contribution is -2.23. The second-order valence-corrected chi connectivity index (χ2v) is 27.4. The Kier molecular flexibility index (Phi) is 31.4. The number of anilines is 2. The van der Waals surface area contributed by atoms with Crippen LogP contribution in [0.15, 0.2) is 276 Å². The van der Waals surface area contributed by atoms with Crippen LogP contribution in [0.4, 0.5) is 34.1 Å². The Morgan fingerprint density at radius 2 is 0.917 bits per heavy atom. The minimum atomic E-state index is -1.28. The normalized spacial score (nSPS) is 10.9. The molecule has 37 heteroatoms. The number of aromatic amines is 1. The van der Waals surface area contributed by atoms with E-state index in [2.05, 4.69) is 58.9 Å². The molecule has 5 aromatic heterocycles. The molecule has 0 saturated carbocycles. The predicted molar refractivity (Wildman–Crippen MR) is 467 cm³/mol. The number of fused-ring (bicyclic) bond motifs is 5. The molecule has 6 N–H and O–H groups in total. The first-order chi connectivity index (χ1) is 58.0. The largest absolute Gasteiger partial charge is 0.478 e. The van der Waals surface area contributed by atoms with Gasteiger partial charge in [0, 0.05) is 73.0 Å². The number of rotatable bonds is 23. The number of nitrogens with zero attached hydrogens (tertiary/aromatic N) is 13. The molecule has 0 spiro atoms. The highest BCUT2D eigenvalue weighted by Crippen LogP contribution is 2.27. The molecule has 0 fully saturated rings. The quantitative estimate of drug-likeness (QED) is 0.00991. The van der Waals surface area contributed by atoms with Gasteiger partial charge in [-0.15, -0.1) is 26.3 Å². The standard InChI is InChI=1S/C20H23N3O.C17H15N3O3.C17H17N3O.C10H9N3O3.C8H6N2O3.C7H4ClNO4.C5HCl3N2O/c1-3-12-21-17-10-11-19-18(14-17)20(24)23(22(19)13-4-2)15-16-8-6-5-7-9-16;1-2-10-18-16-9-8-14(20(22)23)11-15(16)17(21)19(18)12-13-6-4-3-5-7-13;1-2-10-19-16-9-8-14(18)11-15(16)17(21)20(19)12-13-6-4-3-5-7-13;1-2-5-12-9-4-3-7(13(15)16)6-8(9)10(14)11-12;11-8-7-3-6(10(12)13)2-1-5(7)4-9-8;8-6-2-1-4(9(12)13)3-5(6)7(10)11;6-3-2(5(8)11)4(7)10-1-9-3/h4-11,14,21H,2-3,12-13,15H2,1H3;2-9,11H,1,10,12H2;2-9,11H,1,10,12,18H2;2-4,6H,1,5H2,(H,11,14);1-3H,4H2,(H,9,11);1-3H,(H,10,11);1H. The van der Waals surface area contributed by atoms with Gasteiger partial charge in [0.2, 0.25) is 0 Å². The summed E-state index contributed by atoms with van der Waals surface area (Å²) in [5.74, 6) is -1.52. The second-order valence-electron chi connectivity index (χ2n) is 26.0. The van der Waals surface area contributed by atoms with Crippen LogP contribution in [0.1, 0.15) is 66.7 Å². The van der Waals surface area contributed by atoms with E-state index in [1.807, 2.05) is 137 Å². The summed E-state index contributed by atoms with van der Waals surface area (Å²) in [5, 5.41) is 60.4. The fraction of sp³-hybridized carbons (Fsp3) is 0.131.